The smallest absolute Gasteiger partial charge is 0.289 e. The summed E-state index contributed by atoms with van der Waals surface area (Å²) >= 11 is 0. The minimum Gasteiger partial charge on any atom is -0.491 e. The summed E-state index contributed by atoms with van der Waals surface area (Å²) in [7, 11) is 0. The van der Waals surface area contributed by atoms with Gasteiger partial charge in [0.1, 0.15) is 17.0 Å². The lowest BCUT2D eigenvalue weighted by Gasteiger charge is -2.08. The molecule has 1 N–H and O–H groups in total. The van der Waals surface area contributed by atoms with Crippen LogP contribution in [0.1, 0.15) is 17.0 Å². The zero-order valence-corrected chi connectivity index (χ0v) is 15.2. The summed E-state index contributed by atoms with van der Waals surface area (Å²) in [6.07, 6.45) is 2.41. The second-order valence-electron chi connectivity index (χ2n) is 6.23. The van der Waals surface area contributed by atoms with Crippen LogP contribution in [0.15, 0.2) is 77.4 Å². The Labute approximate surface area is 162 Å². The molecule has 2 aromatic carbocycles. The molecule has 0 saturated carbocycles. The molecule has 0 atom stereocenters. The second kappa shape index (κ2) is 8.35. The summed E-state index contributed by atoms with van der Waals surface area (Å²) in [6.45, 7) is 0.944. The Hall–Kier alpha value is -3.67. The summed E-state index contributed by atoms with van der Waals surface area (Å²) in [5, 5.41) is 7.81. The van der Waals surface area contributed by atoms with E-state index in [2.05, 4.69) is 15.5 Å². The Kier molecular flexibility index (Phi) is 5.29. The molecular formula is C22H19N3O3. The van der Waals surface area contributed by atoms with Crippen molar-refractivity contribution in [1.29, 1.82) is 0 Å². The predicted octanol–water partition coefficient (Wildman–Crippen LogP) is 4.09. The molecule has 4 rings (SSSR count). The van der Waals surface area contributed by atoms with Crippen LogP contribution >= 0.6 is 0 Å². The van der Waals surface area contributed by atoms with E-state index in [1.807, 2.05) is 60.7 Å². The van der Waals surface area contributed by atoms with Crippen molar-refractivity contribution in [3.63, 3.8) is 0 Å². The molecule has 0 unspecified atom stereocenters. The molecule has 0 aliphatic heterocycles. The Morgan fingerprint density at radius 3 is 2.79 bits per heavy atom. The van der Waals surface area contributed by atoms with Gasteiger partial charge in [-0.2, -0.15) is 0 Å². The van der Waals surface area contributed by atoms with Crippen LogP contribution < -0.4 is 10.1 Å². The van der Waals surface area contributed by atoms with E-state index < -0.39 is 0 Å². The van der Waals surface area contributed by atoms with E-state index >= 15 is 0 Å². The molecule has 28 heavy (non-hydrogen) atoms. The average molecular weight is 373 g/mol. The number of carbonyl (C=O) groups excluding carboxylic acids is 1. The van der Waals surface area contributed by atoms with Crippen molar-refractivity contribution in [2.24, 2.45) is 0 Å². The van der Waals surface area contributed by atoms with Gasteiger partial charge >= 0.3 is 0 Å². The van der Waals surface area contributed by atoms with E-state index in [1.165, 1.54) is 0 Å². The Morgan fingerprint density at radius 1 is 1.04 bits per heavy atom. The van der Waals surface area contributed by atoms with Crippen LogP contribution in [0.3, 0.4) is 0 Å². The number of aromatic nitrogens is 2. The first kappa shape index (κ1) is 17.7. The van der Waals surface area contributed by atoms with Crippen LogP contribution in [-0.4, -0.2) is 29.2 Å². The first-order chi connectivity index (χ1) is 13.8. The van der Waals surface area contributed by atoms with Gasteiger partial charge in [-0.1, -0.05) is 53.7 Å². The summed E-state index contributed by atoms with van der Waals surface area (Å²) in [5.41, 5.74) is 2.38. The number of rotatable bonds is 7. The molecule has 140 valence electrons. The molecule has 0 aliphatic carbocycles. The van der Waals surface area contributed by atoms with Crippen LogP contribution in [0.5, 0.6) is 5.75 Å². The molecule has 0 aliphatic rings. The molecule has 2 heterocycles. The largest absolute Gasteiger partial charge is 0.491 e. The normalized spacial score (nSPS) is 10.7. The minimum absolute atomic E-state index is 0.193. The van der Waals surface area contributed by atoms with E-state index in [1.54, 1.807) is 12.3 Å². The van der Waals surface area contributed by atoms with Crippen molar-refractivity contribution in [2.45, 2.75) is 6.42 Å². The molecule has 6 nitrogen and oxygen atoms in total. The molecule has 2 aromatic heterocycles. The highest BCUT2D eigenvalue weighted by Crippen LogP contribution is 2.23. The zero-order valence-electron chi connectivity index (χ0n) is 15.2. The number of pyridine rings is 1. The first-order valence-corrected chi connectivity index (χ1v) is 9.08. The molecular weight excluding hydrogens is 354 g/mol. The van der Waals surface area contributed by atoms with Crippen LogP contribution in [0.2, 0.25) is 0 Å². The van der Waals surface area contributed by atoms with Gasteiger partial charge in [-0.3, -0.25) is 9.78 Å². The quantitative estimate of drug-likeness (QED) is 0.494. The van der Waals surface area contributed by atoms with Gasteiger partial charge in [-0.25, -0.2) is 0 Å². The van der Waals surface area contributed by atoms with Crippen molar-refractivity contribution >= 4 is 16.8 Å². The van der Waals surface area contributed by atoms with Crippen molar-refractivity contribution in [3.8, 4) is 17.0 Å². The average Bonchev–Trinajstić information content (AvgIpc) is 3.25. The molecule has 0 radical (unpaired) electrons. The fourth-order valence-corrected chi connectivity index (χ4v) is 2.86. The van der Waals surface area contributed by atoms with Gasteiger partial charge in [0.25, 0.3) is 5.91 Å². The first-order valence-electron chi connectivity index (χ1n) is 9.08. The Bertz CT molecular complexity index is 1070. The third-order valence-corrected chi connectivity index (χ3v) is 4.26. The van der Waals surface area contributed by atoms with Gasteiger partial charge in [-0.05, 0) is 18.6 Å². The van der Waals surface area contributed by atoms with Crippen molar-refractivity contribution in [1.82, 2.24) is 15.5 Å². The fraction of sp³-hybridized carbons (Fsp3) is 0.136. The van der Waals surface area contributed by atoms with Crippen molar-refractivity contribution in [3.05, 3.63) is 78.7 Å². The standard InChI is InChI=1S/C22H19N3O3/c26-22(20-15-18(25-28-20)16-7-2-1-3-8-16)24-13-6-14-27-19-11-4-9-17-10-5-12-23-21(17)19/h1-5,7-12,15H,6,13-14H2,(H,24,26). The molecule has 0 spiro atoms. The monoisotopic (exact) mass is 373 g/mol. The van der Waals surface area contributed by atoms with Gasteiger partial charge in [0.2, 0.25) is 5.76 Å². The minimum atomic E-state index is -0.290. The Morgan fingerprint density at radius 2 is 1.89 bits per heavy atom. The molecule has 4 aromatic rings. The topological polar surface area (TPSA) is 77.2 Å². The maximum atomic E-state index is 12.2. The number of benzene rings is 2. The van der Waals surface area contributed by atoms with Crippen molar-refractivity contribution < 1.29 is 14.1 Å². The second-order valence-corrected chi connectivity index (χ2v) is 6.23. The maximum Gasteiger partial charge on any atom is 0.289 e. The third-order valence-electron chi connectivity index (χ3n) is 4.26. The summed E-state index contributed by atoms with van der Waals surface area (Å²) in [6, 6.07) is 20.9. The van der Waals surface area contributed by atoms with E-state index in [-0.39, 0.29) is 11.7 Å². The number of para-hydroxylation sites is 1. The number of amides is 1. The Balaban J connectivity index is 1.26. The van der Waals surface area contributed by atoms with Gasteiger partial charge in [0.15, 0.2) is 0 Å². The number of fused-ring (bicyclic) bond motifs is 1. The van der Waals surface area contributed by atoms with E-state index in [9.17, 15) is 4.79 Å². The van der Waals surface area contributed by atoms with Crippen LogP contribution in [0.4, 0.5) is 0 Å². The van der Waals surface area contributed by atoms with Crippen LogP contribution in [0, 0.1) is 0 Å². The molecule has 0 bridgehead atoms. The molecule has 1 amide bonds. The lowest BCUT2D eigenvalue weighted by atomic mass is 10.1. The summed E-state index contributed by atoms with van der Waals surface area (Å²) in [4.78, 5) is 16.6. The van der Waals surface area contributed by atoms with Crippen LogP contribution in [0.25, 0.3) is 22.2 Å². The molecule has 6 heteroatoms. The highest BCUT2D eigenvalue weighted by molar-refractivity contribution is 5.92. The van der Waals surface area contributed by atoms with Crippen LogP contribution in [-0.2, 0) is 0 Å². The van der Waals surface area contributed by atoms with Gasteiger partial charge < -0.3 is 14.6 Å². The summed E-state index contributed by atoms with van der Waals surface area (Å²) < 4.78 is 11.0. The SMILES string of the molecule is O=C(NCCCOc1cccc2cccnc12)c1cc(-c2ccccc2)no1. The summed E-state index contributed by atoms with van der Waals surface area (Å²) in [5.74, 6) is 0.645. The number of ether oxygens (including phenoxy) is 1. The third kappa shape index (κ3) is 4.01. The molecule has 0 saturated heterocycles. The predicted molar refractivity (Wildman–Crippen MR) is 106 cm³/mol. The van der Waals surface area contributed by atoms with Gasteiger partial charge in [-0.15, -0.1) is 0 Å². The van der Waals surface area contributed by atoms with Crippen molar-refractivity contribution in [2.75, 3.05) is 13.2 Å². The maximum absolute atomic E-state index is 12.2. The van der Waals surface area contributed by atoms with Gasteiger partial charge in [0.05, 0.1) is 6.61 Å². The van der Waals surface area contributed by atoms with Gasteiger partial charge in [0, 0.05) is 29.8 Å². The number of carbonyl (C=O) groups is 1. The number of hydrogen-bond donors (Lipinski definition) is 1. The fourth-order valence-electron chi connectivity index (χ4n) is 2.86. The molecule has 0 fully saturated rings. The lowest BCUT2D eigenvalue weighted by molar-refractivity contribution is 0.0915. The highest BCUT2D eigenvalue weighted by Gasteiger charge is 2.13. The number of nitrogens with zero attached hydrogens (tertiary/aromatic N) is 2. The lowest BCUT2D eigenvalue weighted by Crippen LogP contribution is -2.25. The zero-order chi connectivity index (χ0) is 19.2. The van der Waals surface area contributed by atoms with E-state index in [4.69, 9.17) is 9.26 Å². The number of hydrogen-bond acceptors (Lipinski definition) is 5. The highest BCUT2D eigenvalue weighted by atomic mass is 16.5. The number of nitrogens with one attached hydrogen (secondary N) is 1. The van der Waals surface area contributed by atoms with E-state index in [0.717, 1.165) is 22.2 Å². The van der Waals surface area contributed by atoms with E-state index in [0.29, 0.717) is 25.3 Å².